The van der Waals surface area contributed by atoms with E-state index in [1.165, 1.54) is 11.8 Å². The molecule has 0 heterocycles. The minimum atomic E-state index is -1.41. The summed E-state index contributed by atoms with van der Waals surface area (Å²) < 4.78 is 0. The van der Waals surface area contributed by atoms with Crippen molar-refractivity contribution in [3.8, 4) is 0 Å². The Kier molecular flexibility index (Phi) is 13.7. The summed E-state index contributed by atoms with van der Waals surface area (Å²) in [5.74, 6) is -6.46. The van der Waals surface area contributed by atoms with Crippen molar-refractivity contribution in [2.45, 2.75) is 63.7 Å². The first-order chi connectivity index (χ1) is 15.3. The summed E-state index contributed by atoms with van der Waals surface area (Å²) in [6.45, 7) is 3.17. The van der Waals surface area contributed by atoms with E-state index in [4.69, 9.17) is 15.9 Å². The largest absolute Gasteiger partial charge is 0.481 e. The van der Waals surface area contributed by atoms with E-state index < -0.39 is 78.6 Å². The number of carboxylic acids is 3. The monoisotopic (exact) mass is 492 g/mol. The number of hydrogen-bond acceptors (Lipinski definition) is 8. The van der Waals surface area contributed by atoms with E-state index in [2.05, 4.69) is 16.0 Å². The third-order valence-corrected chi connectivity index (χ3v) is 5.13. The molecule has 8 N–H and O–H groups in total. The highest BCUT2D eigenvalue weighted by molar-refractivity contribution is 7.98. The van der Waals surface area contributed by atoms with Gasteiger partial charge in [0.25, 0.3) is 0 Å². The quantitative estimate of drug-likeness (QED) is 0.133. The van der Waals surface area contributed by atoms with E-state index in [0.29, 0.717) is 5.75 Å². The van der Waals surface area contributed by atoms with Gasteiger partial charge < -0.3 is 37.0 Å². The van der Waals surface area contributed by atoms with E-state index in [-0.39, 0.29) is 12.8 Å². The topological polar surface area (TPSA) is 225 Å². The van der Waals surface area contributed by atoms with Crippen LogP contribution in [0.5, 0.6) is 0 Å². The first kappa shape index (κ1) is 30.1. The van der Waals surface area contributed by atoms with Crippen molar-refractivity contribution in [2.75, 3.05) is 12.0 Å². The highest BCUT2D eigenvalue weighted by Crippen LogP contribution is 2.07. The molecule has 0 bridgehead atoms. The minimum absolute atomic E-state index is 0.119. The Morgan fingerprint density at radius 3 is 1.85 bits per heavy atom. The molecule has 0 spiro atoms. The van der Waals surface area contributed by atoms with Crippen LogP contribution in [0.4, 0.5) is 0 Å². The van der Waals surface area contributed by atoms with Gasteiger partial charge in [0.15, 0.2) is 0 Å². The number of nitrogens with one attached hydrogen (secondary N) is 3. The predicted octanol–water partition coefficient (Wildman–Crippen LogP) is -1.40. The summed E-state index contributed by atoms with van der Waals surface area (Å²) in [6.07, 6.45) is 0.421. The third kappa shape index (κ3) is 12.1. The van der Waals surface area contributed by atoms with Crippen molar-refractivity contribution in [1.29, 1.82) is 0 Å². The minimum Gasteiger partial charge on any atom is -0.481 e. The molecule has 0 aromatic carbocycles. The van der Waals surface area contributed by atoms with Crippen molar-refractivity contribution >= 4 is 47.4 Å². The molecule has 14 heteroatoms. The fourth-order valence-corrected chi connectivity index (χ4v) is 3.11. The molecule has 0 aliphatic heterocycles. The van der Waals surface area contributed by atoms with Crippen LogP contribution in [0.2, 0.25) is 0 Å². The molecular formula is C19H32N4O9S. The zero-order chi connectivity index (χ0) is 25.7. The van der Waals surface area contributed by atoms with Gasteiger partial charge in [-0.25, -0.2) is 4.79 Å². The van der Waals surface area contributed by atoms with Crippen LogP contribution in [-0.2, 0) is 28.8 Å². The molecule has 0 rings (SSSR count). The number of aliphatic carboxylic acids is 3. The number of hydrogen-bond donors (Lipinski definition) is 7. The van der Waals surface area contributed by atoms with Gasteiger partial charge in [0.1, 0.15) is 18.1 Å². The maximum Gasteiger partial charge on any atom is 0.326 e. The van der Waals surface area contributed by atoms with Crippen molar-refractivity contribution in [1.82, 2.24) is 16.0 Å². The lowest BCUT2D eigenvalue weighted by molar-refractivity contribution is -0.143. The molecule has 0 aromatic rings. The highest BCUT2D eigenvalue weighted by atomic mass is 32.2. The first-order valence-corrected chi connectivity index (χ1v) is 11.5. The average molecular weight is 493 g/mol. The van der Waals surface area contributed by atoms with Crippen LogP contribution in [0.3, 0.4) is 0 Å². The second kappa shape index (κ2) is 15.1. The first-order valence-electron chi connectivity index (χ1n) is 10.1. The molecule has 13 nitrogen and oxygen atoms in total. The van der Waals surface area contributed by atoms with Gasteiger partial charge >= 0.3 is 17.9 Å². The predicted molar refractivity (Wildman–Crippen MR) is 118 cm³/mol. The second-order valence-electron chi connectivity index (χ2n) is 7.61. The molecular weight excluding hydrogens is 460 g/mol. The number of carboxylic acid groups (broad SMARTS) is 3. The zero-order valence-corrected chi connectivity index (χ0v) is 19.5. The Labute approximate surface area is 195 Å². The molecule has 0 radical (unpaired) electrons. The molecule has 188 valence electrons. The summed E-state index contributed by atoms with van der Waals surface area (Å²) in [5, 5.41) is 34.0. The second-order valence-corrected chi connectivity index (χ2v) is 8.59. The summed E-state index contributed by atoms with van der Waals surface area (Å²) in [7, 11) is 0. The Balaban J connectivity index is 5.47. The van der Waals surface area contributed by atoms with Gasteiger partial charge in [-0.2, -0.15) is 11.8 Å². The van der Waals surface area contributed by atoms with Crippen LogP contribution in [0.1, 0.15) is 39.5 Å². The van der Waals surface area contributed by atoms with E-state index in [1.807, 2.05) is 0 Å². The standard InChI is InChI=1S/C19H32N4O9S/c1-9(2)15(23-16(28)10(20)8-14(26)27)18(30)21-11(4-5-13(24)25)17(29)22-12(19(31)32)6-7-33-3/h9-12,15H,4-8,20H2,1-3H3,(H,21,30)(H,22,29)(H,23,28)(H,24,25)(H,26,27)(H,31,32). The zero-order valence-electron chi connectivity index (χ0n) is 18.7. The Morgan fingerprint density at radius 1 is 0.818 bits per heavy atom. The smallest absolute Gasteiger partial charge is 0.326 e. The van der Waals surface area contributed by atoms with Crippen molar-refractivity contribution < 1.29 is 44.1 Å². The van der Waals surface area contributed by atoms with Gasteiger partial charge in [0.2, 0.25) is 17.7 Å². The summed E-state index contributed by atoms with van der Waals surface area (Å²) in [6, 6.07) is -5.22. The average Bonchev–Trinajstić information content (AvgIpc) is 2.70. The van der Waals surface area contributed by atoms with Gasteiger partial charge in [0, 0.05) is 6.42 Å². The van der Waals surface area contributed by atoms with Gasteiger partial charge in [-0.05, 0) is 30.8 Å². The molecule has 0 aliphatic carbocycles. The number of carbonyl (C=O) groups is 6. The molecule has 3 amide bonds. The maximum absolute atomic E-state index is 12.8. The number of amides is 3. The Hall–Kier alpha value is -2.87. The lowest BCUT2D eigenvalue weighted by atomic mass is 10.0. The number of thioether (sulfide) groups is 1. The lowest BCUT2D eigenvalue weighted by Crippen LogP contribution is -2.58. The number of carbonyl (C=O) groups excluding carboxylic acids is 3. The Bertz CT molecular complexity index is 732. The fraction of sp³-hybridized carbons (Fsp3) is 0.684. The fourth-order valence-electron chi connectivity index (χ4n) is 2.64. The van der Waals surface area contributed by atoms with Crippen LogP contribution in [0.15, 0.2) is 0 Å². The normalized spacial score (nSPS) is 14.5. The summed E-state index contributed by atoms with van der Waals surface area (Å²) in [4.78, 5) is 70.7. The van der Waals surface area contributed by atoms with Crippen LogP contribution >= 0.6 is 11.8 Å². The SMILES string of the molecule is CSCCC(NC(=O)C(CCC(=O)O)NC(=O)C(NC(=O)C(N)CC(=O)O)C(C)C)C(=O)O. The van der Waals surface area contributed by atoms with Gasteiger partial charge in [-0.3, -0.25) is 24.0 Å². The Morgan fingerprint density at radius 2 is 1.39 bits per heavy atom. The van der Waals surface area contributed by atoms with E-state index >= 15 is 0 Å². The molecule has 0 fully saturated rings. The van der Waals surface area contributed by atoms with Crippen LogP contribution < -0.4 is 21.7 Å². The van der Waals surface area contributed by atoms with E-state index in [1.54, 1.807) is 20.1 Å². The molecule has 0 saturated heterocycles. The van der Waals surface area contributed by atoms with E-state index in [9.17, 15) is 33.9 Å². The molecule has 0 saturated carbocycles. The summed E-state index contributed by atoms with van der Waals surface area (Å²) >= 11 is 1.38. The van der Waals surface area contributed by atoms with Crippen molar-refractivity contribution in [3.05, 3.63) is 0 Å². The molecule has 0 aromatic heterocycles. The number of nitrogens with two attached hydrogens (primary N) is 1. The number of rotatable bonds is 16. The van der Waals surface area contributed by atoms with Gasteiger partial charge in [0.05, 0.1) is 12.5 Å². The molecule has 33 heavy (non-hydrogen) atoms. The van der Waals surface area contributed by atoms with E-state index in [0.717, 1.165) is 0 Å². The molecule has 4 unspecified atom stereocenters. The molecule has 0 aliphatic rings. The third-order valence-electron chi connectivity index (χ3n) is 4.48. The van der Waals surface area contributed by atoms with Crippen LogP contribution in [-0.4, -0.2) is 87.1 Å². The van der Waals surface area contributed by atoms with Crippen molar-refractivity contribution in [3.63, 3.8) is 0 Å². The maximum atomic E-state index is 12.8. The van der Waals surface area contributed by atoms with Crippen LogP contribution in [0.25, 0.3) is 0 Å². The van der Waals surface area contributed by atoms with Gasteiger partial charge in [-0.1, -0.05) is 13.8 Å². The van der Waals surface area contributed by atoms with Crippen molar-refractivity contribution in [2.24, 2.45) is 11.7 Å². The lowest BCUT2D eigenvalue weighted by Gasteiger charge is -2.26. The highest BCUT2D eigenvalue weighted by Gasteiger charge is 2.32. The summed E-state index contributed by atoms with van der Waals surface area (Å²) in [5.41, 5.74) is 5.51. The van der Waals surface area contributed by atoms with Gasteiger partial charge in [-0.15, -0.1) is 0 Å². The molecule has 4 atom stereocenters. The van der Waals surface area contributed by atoms with Crippen LogP contribution in [0, 0.1) is 5.92 Å².